The van der Waals surface area contributed by atoms with Crippen LogP contribution < -0.4 is 10.6 Å². The number of anilines is 1. The molecule has 31 heavy (non-hydrogen) atoms. The van der Waals surface area contributed by atoms with Crippen LogP contribution in [0.4, 0.5) is 32.0 Å². The maximum absolute atomic E-state index is 13.8. The van der Waals surface area contributed by atoms with Gasteiger partial charge in [-0.1, -0.05) is 12.1 Å². The van der Waals surface area contributed by atoms with E-state index >= 15 is 0 Å². The molecule has 0 radical (unpaired) electrons. The van der Waals surface area contributed by atoms with Gasteiger partial charge in [0.25, 0.3) is 0 Å². The van der Waals surface area contributed by atoms with Gasteiger partial charge in [0.05, 0.1) is 11.1 Å². The van der Waals surface area contributed by atoms with Crippen LogP contribution >= 0.6 is 0 Å². The molecule has 1 aromatic heterocycles. The lowest BCUT2D eigenvalue weighted by atomic mass is 9.95. The summed E-state index contributed by atoms with van der Waals surface area (Å²) in [5, 5.41) is -0.220. The van der Waals surface area contributed by atoms with Gasteiger partial charge < -0.3 is 15.6 Å². The molecule has 3 aromatic rings. The van der Waals surface area contributed by atoms with Crippen LogP contribution in [0.5, 0.6) is 0 Å². The summed E-state index contributed by atoms with van der Waals surface area (Å²) in [6.07, 6.45) is -8.47. The minimum absolute atomic E-state index is 0.185. The quantitative estimate of drug-likeness (QED) is 0.351. The number of aryl methyl sites for hydroxylation is 1. The van der Waals surface area contributed by atoms with Gasteiger partial charge in [0, 0.05) is 41.9 Å². The van der Waals surface area contributed by atoms with Gasteiger partial charge in [-0.2, -0.15) is 26.3 Å². The first-order valence-corrected chi connectivity index (χ1v) is 9.74. The van der Waals surface area contributed by atoms with E-state index in [0.29, 0.717) is 36.2 Å². The fourth-order valence-electron chi connectivity index (χ4n) is 3.67. The Morgan fingerprint density at radius 2 is 1.65 bits per heavy atom. The maximum Gasteiger partial charge on any atom is 0.417 e. The molecule has 0 aliphatic heterocycles. The van der Waals surface area contributed by atoms with Gasteiger partial charge in [0.1, 0.15) is 0 Å². The number of benzene rings is 2. The smallest absolute Gasteiger partial charge is 0.378 e. The van der Waals surface area contributed by atoms with Gasteiger partial charge in [-0.15, -0.1) is 0 Å². The number of aromatic nitrogens is 1. The van der Waals surface area contributed by atoms with Crippen LogP contribution in [0, 0.1) is 0 Å². The molecule has 3 nitrogen and oxygen atoms in total. The van der Waals surface area contributed by atoms with Crippen LogP contribution in [0.2, 0.25) is 0 Å². The predicted octanol–water partition coefficient (Wildman–Crippen LogP) is 6.22. The Morgan fingerprint density at radius 3 is 2.23 bits per heavy atom. The number of aromatic amines is 1. The molecule has 1 heterocycles. The fraction of sp³-hybridized carbons (Fsp3) is 0.364. The number of nitrogens with one attached hydrogen (secondary N) is 1. The molecule has 0 unspecified atom stereocenters. The van der Waals surface area contributed by atoms with E-state index in [0.717, 1.165) is 11.8 Å². The Balaban J connectivity index is 2.34. The van der Waals surface area contributed by atoms with Gasteiger partial charge >= 0.3 is 12.4 Å². The van der Waals surface area contributed by atoms with Gasteiger partial charge in [-0.3, -0.25) is 0 Å². The van der Waals surface area contributed by atoms with Crippen LogP contribution in [0.25, 0.3) is 22.2 Å². The second-order valence-corrected chi connectivity index (χ2v) is 7.61. The molecule has 0 aliphatic carbocycles. The van der Waals surface area contributed by atoms with Crippen molar-refractivity contribution in [2.24, 2.45) is 5.73 Å². The summed E-state index contributed by atoms with van der Waals surface area (Å²) in [7, 11) is 3.65. The summed E-state index contributed by atoms with van der Waals surface area (Å²) < 4.78 is 81.4. The first-order valence-electron chi connectivity index (χ1n) is 9.74. The number of nitrogens with zero attached hydrogens (tertiary/aromatic N) is 1. The van der Waals surface area contributed by atoms with E-state index in [4.69, 9.17) is 5.73 Å². The molecule has 0 saturated heterocycles. The number of H-pyrrole nitrogens is 1. The van der Waals surface area contributed by atoms with E-state index in [9.17, 15) is 26.3 Å². The molecule has 9 heteroatoms. The van der Waals surface area contributed by atoms with Crippen LogP contribution in [0.1, 0.15) is 29.5 Å². The zero-order valence-electron chi connectivity index (χ0n) is 17.1. The average Bonchev–Trinajstić information content (AvgIpc) is 3.04. The fourth-order valence-corrected chi connectivity index (χ4v) is 3.67. The van der Waals surface area contributed by atoms with Gasteiger partial charge in [0.15, 0.2) is 0 Å². The summed E-state index contributed by atoms with van der Waals surface area (Å²) in [5.41, 5.74) is 4.88. The minimum atomic E-state index is -4.94. The number of hydrogen-bond acceptors (Lipinski definition) is 2. The number of nitrogens with two attached hydrogens (primary N) is 1. The molecule has 0 amide bonds. The second kappa shape index (κ2) is 8.45. The van der Waals surface area contributed by atoms with Crippen LogP contribution in [0.3, 0.4) is 0 Å². The monoisotopic (exact) mass is 443 g/mol. The minimum Gasteiger partial charge on any atom is -0.378 e. The lowest BCUT2D eigenvalue weighted by Gasteiger charge is -2.15. The Morgan fingerprint density at radius 1 is 0.935 bits per heavy atom. The Bertz CT molecular complexity index is 1060. The van der Waals surface area contributed by atoms with Crippen LogP contribution in [-0.4, -0.2) is 25.6 Å². The Hall–Kier alpha value is -2.68. The number of halogens is 6. The molecule has 0 bridgehead atoms. The maximum atomic E-state index is 13.8. The Kier molecular flexibility index (Phi) is 6.27. The van der Waals surface area contributed by atoms with Crippen molar-refractivity contribution in [2.75, 3.05) is 25.5 Å². The van der Waals surface area contributed by atoms with Crippen molar-refractivity contribution in [3.8, 4) is 11.3 Å². The first-order chi connectivity index (χ1) is 14.4. The van der Waals surface area contributed by atoms with Gasteiger partial charge in [0.2, 0.25) is 0 Å². The molecule has 0 spiro atoms. The van der Waals surface area contributed by atoms with E-state index < -0.39 is 23.5 Å². The number of unbranched alkanes of at least 4 members (excludes halogenated alkanes) is 1. The third-order valence-electron chi connectivity index (χ3n) is 5.17. The van der Waals surface area contributed by atoms with E-state index in [1.165, 1.54) is 0 Å². The second-order valence-electron chi connectivity index (χ2n) is 7.61. The topological polar surface area (TPSA) is 45.0 Å². The summed E-state index contributed by atoms with van der Waals surface area (Å²) in [6, 6.07) is 8.05. The zero-order chi connectivity index (χ0) is 23.0. The summed E-state index contributed by atoms with van der Waals surface area (Å²) in [6.45, 7) is 0.373. The molecule has 0 saturated carbocycles. The highest BCUT2D eigenvalue weighted by Gasteiger charge is 2.39. The van der Waals surface area contributed by atoms with E-state index in [2.05, 4.69) is 4.98 Å². The van der Waals surface area contributed by atoms with E-state index in [-0.39, 0.29) is 23.4 Å². The highest BCUT2D eigenvalue weighted by atomic mass is 19.4. The highest BCUT2D eigenvalue weighted by Crippen LogP contribution is 2.44. The first kappa shape index (κ1) is 23.0. The molecule has 2 aromatic carbocycles. The largest absolute Gasteiger partial charge is 0.417 e. The van der Waals surface area contributed by atoms with Crippen molar-refractivity contribution < 1.29 is 26.3 Å². The third kappa shape index (κ3) is 4.81. The number of alkyl halides is 6. The molecular formula is C22H23F6N3. The number of hydrogen-bond donors (Lipinski definition) is 2. The van der Waals surface area contributed by atoms with Crippen molar-refractivity contribution in [1.82, 2.24) is 4.98 Å². The molecular weight excluding hydrogens is 420 g/mol. The zero-order valence-corrected chi connectivity index (χ0v) is 17.1. The van der Waals surface area contributed by atoms with Crippen molar-refractivity contribution in [1.29, 1.82) is 0 Å². The summed E-state index contributed by atoms with van der Waals surface area (Å²) >= 11 is 0. The molecule has 3 rings (SSSR count). The highest BCUT2D eigenvalue weighted by molar-refractivity contribution is 5.94. The van der Waals surface area contributed by atoms with Crippen molar-refractivity contribution >= 4 is 16.6 Å². The predicted molar refractivity (Wildman–Crippen MR) is 110 cm³/mol. The lowest BCUT2D eigenvalue weighted by molar-refractivity contribution is -0.142. The van der Waals surface area contributed by atoms with Crippen LogP contribution in [0.15, 0.2) is 36.4 Å². The average molecular weight is 443 g/mol. The van der Waals surface area contributed by atoms with E-state index in [1.807, 2.05) is 25.1 Å². The van der Waals surface area contributed by atoms with E-state index in [1.54, 1.807) is 18.2 Å². The molecule has 168 valence electrons. The summed E-state index contributed by atoms with van der Waals surface area (Å²) in [5.74, 6) is 0. The lowest BCUT2D eigenvalue weighted by Crippen LogP contribution is -2.11. The van der Waals surface area contributed by atoms with Gasteiger partial charge in [-0.25, -0.2) is 0 Å². The molecule has 3 N–H and O–H groups in total. The number of rotatable bonds is 6. The molecule has 0 aliphatic rings. The standard InChI is InChI=1S/C22H23F6N3/c1-31(2)15-7-5-6-13(10-15)20-16(8-3-4-9-29)19-17(22(26,27)28)11-14(21(23,24)25)12-18(19)30-20/h5-7,10-12,30H,3-4,8-9,29H2,1-2H3. The van der Waals surface area contributed by atoms with Gasteiger partial charge in [-0.05, 0) is 55.6 Å². The van der Waals surface area contributed by atoms with Crippen molar-refractivity contribution in [2.45, 2.75) is 31.6 Å². The van der Waals surface area contributed by atoms with Crippen LogP contribution in [-0.2, 0) is 18.8 Å². The summed E-state index contributed by atoms with van der Waals surface area (Å²) in [4.78, 5) is 4.69. The number of fused-ring (bicyclic) bond motifs is 1. The van der Waals surface area contributed by atoms with Crippen molar-refractivity contribution in [3.05, 3.63) is 53.1 Å². The third-order valence-corrected chi connectivity index (χ3v) is 5.17. The SMILES string of the molecule is CN(C)c1cccc(-c2[nH]c3cc(C(F)(F)F)cc(C(F)(F)F)c3c2CCCCN)c1. The normalized spacial score (nSPS) is 12.5. The Labute approximate surface area is 175 Å². The molecule has 0 atom stereocenters. The van der Waals surface area contributed by atoms with Crippen molar-refractivity contribution in [3.63, 3.8) is 0 Å². The molecule has 0 fully saturated rings.